The third-order valence-electron chi connectivity index (χ3n) is 0.724. The number of amides is 1. The molecule has 0 rings (SSSR count). The van der Waals surface area contributed by atoms with E-state index in [4.69, 9.17) is 0 Å². The van der Waals surface area contributed by atoms with Gasteiger partial charge in [0.25, 0.3) is 0 Å². The Balaban J connectivity index is 3.09. The van der Waals surface area contributed by atoms with Gasteiger partial charge in [-0.1, -0.05) is 5.18 Å². The second-order valence-corrected chi connectivity index (χ2v) is 1.44. The van der Waals surface area contributed by atoms with Crippen LogP contribution in [-0.2, 0) is 4.79 Å². The van der Waals surface area contributed by atoms with E-state index in [2.05, 4.69) is 5.18 Å². The van der Waals surface area contributed by atoms with Crippen LogP contribution in [0.15, 0.2) is 5.18 Å². The van der Waals surface area contributed by atoms with E-state index in [0.717, 1.165) is 0 Å². The van der Waals surface area contributed by atoms with Crippen molar-refractivity contribution < 1.29 is 4.79 Å². The van der Waals surface area contributed by atoms with Crippen molar-refractivity contribution in [1.82, 2.24) is 4.90 Å². The van der Waals surface area contributed by atoms with Crippen LogP contribution in [-0.4, -0.2) is 31.4 Å². The number of carbonyl (C=O) groups excluding carboxylic acids is 1. The molecule has 4 heteroatoms. The number of nitroso groups, excluding NO2 is 1. The lowest BCUT2D eigenvalue weighted by atomic mass is 10.6. The van der Waals surface area contributed by atoms with Crippen LogP contribution in [0.4, 0.5) is 0 Å². The van der Waals surface area contributed by atoms with E-state index in [1.54, 1.807) is 7.05 Å². The first kappa shape index (κ1) is 7.07. The molecule has 0 aromatic carbocycles. The molecule has 0 aromatic heterocycles. The molecule has 46 valence electrons. The Labute approximate surface area is 47.5 Å². The molecule has 0 aliphatic rings. The summed E-state index contributed by atoms with van der Waals surface area (Å²) in [6.45, 7) is 0.586. The molecule has 0 atom stereocenters. The Bertz CT molecular complexity index is 84.1. The van der Waals surface area contributed by atoms with Gasteiger partial charge in [0.05, 0.1) is 6.54 Å². The standard InChI is InChI=1S/C4H8N2O2/c1-6(4-7)3-2-5-8/h4H,2-3H2,1H3. The molecule has 0 spiro atoms. The quantitative estimate of drug-likeness (QED) is 0.378. The van der Waals surface area contributed by atoms with Gasteiger partial charge in [0.15, 0.2) is 0 Å². The molecule has 0 aliphatic carbocycles. The monoisotopic (exact) mass is 116 g/mol. The molecule has 4 nitrogen and oxygen atoms in total. The van der Waals surface area contributed by atoms with Crippen molar-refractivity contribution in [3.8, 4) is 0 Å². The fourth-order valence-electron chi connectivity index (χ4n) is 0.251. The highest BCUT2D eigenvalue weighted by Gasteiger charge is 1.88. The molecule has 8 heavy (non-hydrogen) atoms. The Hall–Kier alpha value is -0.930. The lowest BCUT2D eigenvalue weighted by Crippen LogP contribution is -2.18. The number of nitrogens with zero attached hydrogens (tertiary/aromatic N) is 2. The minimum absolute atomic E-state index is 0.176. The van der Waals surface area contributed by atoms with Gasteiger partial charge in [0, 0.05) is 13.6 Å². The van der Waals surface area contributed by atoms with Gasteiger partial charge in [-0.2, -0.15) is 4.91 Å². The lowest BCUT2D eigenvalue weighted by Gasteiger charge is -2.04. The maximum atomic E-state index is 9.79. The van der Waals surface area contributed by atoms with Crippen molar-refractivity contribution in [2.75, 3.05) is 20.1 Å². The average Bonchev–Trinajstić information content (AvgIpc) is 1.83. The van der Waals surface area contributed by atoms with Gasteiger partial charge in [-0.25, -0.2) is 0 Å². The predicted octanol–water partition coefficient (Wildman–Crippen LogP) is -0.159. The van der Waals surface area contributed by atoms with Crippen LogP contribution in [0.2, 0.25) is 0 Å². The van der Waals surface area contributed by atoms with E-state index in [9.17, 15) is 9.70 Å². The second-order valence-electron chi connectivity index (χ2n) is 1.44. The minimum atomic E-state index is 0.176. The van der Waals surface area contributed by atoms with Crippen molar-refractivity contribution in [2.45, 2.75) is 0 Å². The SMILES string of the molecule is CN(C=O)CCN=O. The molecule has 0 radical (unpaired) electrons. The van der Waals surface area contributed by atoms with Crippen LogP contribution in [0.3, 0.4) is 0 Å². The Morgan fingerprint density at radius 1 is 1.75 bits per heavy atom. The van der Waals surface area contributed by atoms with E-state index >= 15 is 0 Å². The van der Waals surface area contributed by atoms with Crippen molar-refractivity contribution in [1.29, 1.82) is 0 Å². The first-order chi connectivity index (χ1) is 3.81. The lowest BCUT2D eigenvalue weighted by molar-refractivity contribution is -0.116. The fourth-order valence-corrected chi connectivity index (χ4v) is 0.251. The molecule has 0 heterocycles. The van der Waals surface area contributed by atoms with Crippen LogP contribution in [0.5, 0.6) is 0 Å². The van der Waals surface area contributed by atoms with Crippen LogP contribution >= 0.6 is 0 Å². The summed E-state index contributed by atoms with van der Waals surface area (Å²) in [4.78, 5) is 20.6. The van der Waals surface area contributed by atoms with Gasteiger partial charge in [0.2, 0.25) is 6.41 Å². The third-order valence-corrected chi connectivity index (χ3v) is 0.724. The Morgan fingerprint density at radius 2 is 2.38 bits per heavy atom. The molecule has 0 N–H and O–H groups in total. The molecule has 0 aromatic rings. The van der Waals surface area contributed by atoms with Crippen LogP contribution in [0, 0.1) is 4.91 Å². The summed E-state index contributed by atoms with van der Waals surface area (Å²) in [5, 5.41) is 2.57. The highest BCUT2D eigenvalue weighted by atomic mass is 16.3. The minimum Gasteiger partial charge on any atom is -0.346 e. The molecule has 0 aliphatic heterocycles. The van der Waals surface area contributed by atoms with E-state index in [0.29, 0.717) is 13.0 Å². The zero-order chi connectivity index (χ0) is 6.41. The van der Waals surface area contributed by atoms with E-state index in [1.807, 2.05) is 0 Å². The molecular formula is C4H8N2O2. The first-order valence-electron chi connectivity index (χ1n) is 2.26. The largest absolute Gasteiger partial charge is 0.346 e. The molecule has 0 unspecified atom stereocenters. The number of carbonyl (C=O) groups is 1. The third kappa shape index (κ3) is 3.27. The maximum absolute atomic E-state index is 9.79. The summed E-state index contributed by atoms with van der Waals surface area (Å²) < 4.78 is 0. The normalized spacial score (nSPS) is 8.12. The molecular weight excluding hydrogens is 108 g/mol. The molecule has 0 bridgehead atoms. The topological polar surface area (TPSA) is 49.7 Å². The molecule has 0 fully saturated rings. The first-order valence-corrected chi connectivity index (χ1v) is 2.26. The number of rotatable bonds is 4. The second kappa shape index (κ2) is 4.23. The predicted molar refractivity (Wildman–Crippen MR) is 29.4 cm³/mol. The number of likely N-dealkylation sites (N-methyl/N-ethyl adjacent to an activating group) is 1. The maximum Gasteiger partial charge on any atom is 0.209 e. The highest BCUT2D eigenvalue weighted by Crippen LogP contribution is 1.73. The van der Waals surface area contributed by atoms with Crippen LogP contribution < -0.4 is 0 Å². The summed E-state index contributed by atoms with van der Waals surface area (Å²) in [6.07, 6.45) is 0.658. The van der Waals surface area contributed by atoms with Gasteiger partial charge in [0.1, 0.15) is 0 Å². The van der Waals surface area contributed by atoms with Crippen LogP contribution in [0.1, 0.15) is 0 Å². The number of hydrogen-bond donors (Lipinski definition) is 0. The smallest absolute Gasteiger partial charge is 0.209 e. The summed E-state index contributed by atoms with van der Waals surface area (Å²) in [5.74, 6) is 0. The summed E-state index contributed by atoms with van der Waals surface area (Å²) in [6, 6.07) is 0. The summed E-state index contributed by atoms with van der Waals surface area (Å²) >= 11 is 0. The van der Waals surface area contributed by atoms with Gasteiger partial charge in [-0.05, 0) is 0 Å². The van der Waals surface area contributed by atoms with E-state index < -0.39 is 0 Å². The molecule has 1 amide bonds. The van der Waals surface area contributed by atoms with Crippen molar-refractivity contribution in [2.24, 2.45) is 5.18 Å². The zero-order valence-corrected chi connectivity index (χ0v) is 4.70. The van der Waals surface area contributed by atoms with Gasteiger partial charge in [-0.15, -0.1) is 0 Å². The Morgan fingerprint density at radius 3 is 2.75 bits per heavy atom. The highest BCUT2D eigenvalue weighted by molar-refractivity contribution is 5.46. The van der Waals surface area contributed by atoms with Crippen molar-refractivity contribution in [3.63, 3.8) is 0 Å². The molecule has 0 saturated carbocycles. The van der Waals surface area contributed by atoms with Gasteiger partial charge in [-0.3, -0.25) is 4.79 Å². The van der Waals surface area contributed by atoms with E-state index in [-0.39, 0.29) is 6.54 Å². The Kier molecular flexibility index (Phi) is 3.74. The van der Waals surface area contributed by atoms with Gasteiger partial charge < -0.3 is 4.90 Å². The van der Waals surface area contributed by atoms with Crippen LogP contribution in [0.25, 0.3) is 0 Å². The summed E-state index contributed by atoms with van der Waals surface area (Å²) in [7, 11) is 1.60. The zero-order valence-electron chi connectivity index (χ0n) is 4.70. The van der Waals surface area contributed by atoms with Gasteiger partial charge >= 0.3 is 0 Å². The van der Waals surface area contributed by atoms with Crippen molar-refractivity contribution in [3.05, 3.63) is 4.91 Å². The average molecular weight is 116 g/mol. The summed E-state index contributed by atoms with van der Waals surface area (Å²) in [5.41, 5.74) is 0. The fraction of sp³-hybridized carbons (Fsp3) is 0.750. The van der Waals surface area contributed by atoms with Crippen molar-refractivity contribution >= 4 is 6.41 Å². The van der Waals surface area contributed by atoms with E-state index in [1.165, 1.54) is 4.90 Å². The molecule has 0 saturated heterocycles. The number of hydrogen-bond acceptors (Lipinski definition) is 3.